The van der Waals surface area contributed by atoms with Crippen LogP contribution in [0, 0.1) is 6.92 Å². The molecule has 40 heavy (non-hydrogen) atoms. The number of aromatic nitrogens is 2. The molecule has 0 spiro atoms. The molecule has 1 atom stereocenters. The van der Waals surface area contributed by atoms with Gasteiger partial charge in [-0.15, -0.1) is 0 Å². The molecule has 4 rings (SSSR count). The molecule has 8 nitrogen and oxygen atoms in total. The first kappa shape index (κ1) is 28.9. The predicted octanol–water partition coefficient (Wildman–Crippen LogP) is 6.12. The van der Waals surface area contributed by atoms with Crippen molar-refractivity contribution in [1.29, 1.82) is 0 Å². The number of nitrogens with zero attached hydrogens (tertiary/aromatic N) is 2. The van der Waals surface area contributed by atoms with Crippen molar-refractivity contribution in [3.8, 4) is 11.5 Å². The molecule has 1 amide bonds. The Balaban J connectivity index is 1.55. The molecule has 9 heteroatoms. The summed E-state index contributed by atoms with van der Waals surface area (Å²) < 4.78 is 19.7. The molecule has 0 fully saturated rings. The van der Waals surface area contributed by atoms with Gasteiger partial charge >= 0.3 is 5.97 Å². The van der Waals surface area contributed by atoms with Crippen molar-refractivity contribution in [2.75, 3.05) is 13.2 Å². The number of imidazole rings is 1. The third-order valence-corrected chi connectivity index (χ3v) is 7.07. The van der Waals surface area contributed by atoms with E-state index in [0.717, 1.165) is 29.7 Å². The van der Waals surface area contributed by atoms with Crippen molar-refractivity contribution >= 4 is 23.2 Å². The van der Waals surface area contributed by atoms with Crippen LogP contribution in [0.25, 0.3) is 0 Å². The minimum atomic E-state index is -0.467. The van der Waals surface area contributed by atoms with E-state index in [1.54, 1.807) is 49.0 Å². The fourth-order valence-corrected chi connectivity index (χ4v) is 4.91. The first-order valence-corrected chi connectivity index (χ1v) is 14.4. The number of amides is 1. The summed E-state index contributed by atoms with van der Waals surface area (Å²) in [6, 6.07) is 15.2. The number of aryl methyl sites for hydroxylation is 2. The minimum absolute atomic E-state index is 0.191. The number of carbonyl (C=O) groups is 2. The lowest BCUT2D eigenvalue weighted by Gasteiger charge is -2.23. The van der Waals surface area contributed by atoms with Crippen LogP contribution in [-0.2, 0) is 22.7 Å². The molecule has 0 saturated heterocycles. The quantitative estimate of drug-likeness (QED) is 0.139. The summed E-state index contributed by atoms with van der Waals surface area (Å²) in [4.78, 5) is 29.6. The van der Waals surface area contributed by atoms with Crippen molar-refractivity contribution in [2.45, 2.75) is 52.4 Å². The van der Waals surface area contributed by atoms with Gasteiger partial charge in [-0.3, -0.25) is 9.59 Å². The standard InChI is InChI=1S/C31H35N3O5S/c1-3-37-30(35)12-11-28(26-8-5-4-7-23(26)2)39-29-19-25(38-20-24-13-18-40-21-24)9-10-27(29)31(36)33-14-6-16-34-17-15-32-22-34/h4-5,7-10,13,15,17-19,21-22,28H,3,6,11-12,14,16,20H2,1-2H3,(H,33,36). The van der Waals surface area contributed by atoms with E-state index in [-0.39, 0.29) is 18.3 Å². The van der Waals surface area contributed by atoms with E-state index < -0.39 is 6.10 Å². The van der Waals surface area contributed by atoms with Gasteiger partial charge in [-0.1, -0.05) is 24.3 Å². The van der Waals surface area contributed by atoms with E-state index in [4.69, 9.17) is 14.2 Å². The Morgan fingerprint density at radius 1 is 1.15 bits per heavy atom. The highest BCUT2D eigenvalue weighted by atomic mass is 32.1. The van der Waals surface area contributed by atoms with Gasteiger partial charge in [0.2, 0.25) is 0 Å². The smallest absolute Gasteiger partial charge is 0.305 e. The van der Waals surface area contributed by atoms with Gasteiger partial charge < -0.3 is 24.1 Å². The summed E-state index contributed by atoms with van der Waals surface area (Å²) in [7, 11) is 0. The lowest BCUT2D eigenvalue weighted by Crippen LogP contribution is -2.26. The molecule has 210 valence electrons. The molecule has 0 radical (unpaired) electrons. The predicted molar refractivity (Wildman–Crippen MR) is 155 cm³/mol. The average molecular weight is 562 g/mol. The van der Waals surface area contributed by atoms with Gasteiger partial charge in [0.1, 0.15) is 24.2 Å². The molecule has 2 heterocycles. The van der Waals surface area contributed by atoms with E-state index in [9.17, 15) is 9.59 Å². The van der Waals surface area contributed by atoms with E-state index in [1.807, 2.05) is 58.8 Å². The maximum absolute atomic E-state index is 13.3. The van der Waals surface area contributed by atoms with Crippen molar-refractivity contribution < 1.29 is 23.8 Å². The molecule has 4 aromatic rings. The maximum atomic E-state index is 13.3. The van der Waals surface area contributed by atoms with Crippen LogP contribution in [-0.4, -0.2) is 34.6 Å². The topological polar surface area (TPSA) is 91.7 Å². The fourth-order valence-electron chi connectivity index (χ4n) is 4.26. The number of thiophene rings is 1. The van der Waals surface area contributed by atoms with Crippen LogP contribution >= 0.6 is 11.3 Å². The van der Waals surface area contributed by atoms with Crippen LogP contribution in [0.1, 0.15) is 59.3 Å². The highest BCUT2D eigenvalue weighted by molar-refractivity contribution is 7.07. The summed E-state index contributed by atoms with van der Waals surface area (Å²) in [6.45, 7) is 5.77. The summed E-state index contributed by atoms with van der Waals surface area (Å²) in [5.74, 6) is 0.464. The molecule has 0 bridgehead atoms. The minimum Gasteiger partial charge on any atom is -0.489 e. The molecular formula is C31H35N3O5S. The van der Waals surface area contributed by atoms with E-state index in [0.29, 0.717) is 43.2 Å². The molecule has 0 saturated carbocycles. The third-order valence-electron chi connectivity index (χ3n) is 6.34. The van der Waals surface area contributed by atoms with Crippen LogP contribution in [0.3, 0.4) is 0 Å². The Kier molecular flexibility index (Phi) is 10.7. The number of nitrogens with one attached hydrogen (secondary N) is 1. The van der Waals surface area contributed by atoms with Gasteiger partial charge in [0.25, 0.3) is 5.91 Å². The van der Waals surface area contributed by atoms with Gasteiger partial charge in [0.15, 0.2) is 0 Å². The van der Waals surface area contributed by atoms with Gasteiger partial charge in [-0.2, -0.15) is 11.3 Å². The monoisotopic (exact) mass is 561 g/mol. The SMILES string of the molecule is CCOC(=O)CCC(Oc1cc(OCc2ccsc2)ccc1C(=O)NCCCn1ccnc1)c1ccccc1C. The molecule has 0 aliphatic rings. The van der Waals surface area contributed by atoms with Gasteiger partial charge in [-0.05, 0) is 72.3 Å². The maximum Gasteiger partial charge on any atom is 0.305 e. The zero-order chi connectivity index (χ0) is 28.2. The highest BCUT2D eigenvalue weighted by Crippen LogP contribution is 2.33. The van der Waals surface area contributed by atoms with Crippen LogP contribution < -0.4 is 14.8 Å². The number of rotatable bonds is 15. The van der Waals surface area contributed by atoms with E-state index >= 15 is 0 Å². The second-order valence-electron chi connectivity index (χ2n) is 9.29. The molecular weight excluding hydrogens is 526 g/mol. The first-order chi connectivity index (χ1) is 19.5. The van der Waals surface area contributed by atoms with Crippen LogP contribution in [0.4, 0.5) is 0 Å². The van der Waals surface area contributed by atoms with Gasteiger partial charge in [0.05, 0.1) is 18.5 Å². The fraction of sp³-hybridized carbons (Fsp3) is 0.323. The van der Waals surface area contributed by atoms with Crippen molar-refractivity contribution in [1.82, 2.24) is 14.9 Å². The molecule has 0 aliphatic heterocycles. The molecule has 1 unspecified atom stereocenters. The first-order valence-electron chi connectivity index (χ1n) is 13.4. The average Bonchev–Trinajstić information content (AvgIpc) is 3.68. The van der Waals surface area contributed by atoms with Crippen molar-refractivity contribution in [3.63, 3.8) is 0 Å². The Morgan fingerprint density at radius 3 is 2.77 bits per heavy atom. The molecule has 2 aromatic carbocycles. The lowest BCUT2D eigenvalue weighted by atomic mass is 9.99. The Hall–Kier alpha value is -4.11. The zero-order valence-electron chi connectivity index (χ0n) is 22.9. The number of ether oxygens (including phenoxy) is 3. The zero-order valence-corrected chi connectivity index (χ0v) is 23.7. The summed E-state index contributed by atoms with van der Waals surface area (Å²) in [5, 5.41) is 7.04. The Bertz CT molecular complexity index is 1360. The summed E-state index contributed by atoms with van der Waals surface area (Å²) in [5.41, 5.74) is 3.45. The van der Waals surface area contributed by atoms with Crippen molar-refractivity contribution in [2.24, 2.45) is 0 Å². The molecule has 1 N–H and O–H groups in total. The van der Waals surface area contributed by atoms with Gasteiger partial charge in [0, 0.05) is 38.0 Å². The largest absolute Gasteiger partial charge is 0.489 e. The second-order valence-corrected chi connectivity index (χ2v) is 10.1. The van der Waals surface area contributed by atoms with E-state index in [1.165, 1.54) is 0 Å². The lowest BCUT2D eigenvalue weighted by molar-refractivity contribution is -0.143. The van der Waals surface area contributed by atoms with Crippen LogP contribution in [0.15, 0.2) is 78.0 Å². The van der Waals surface area contributed by atoms with E-state index in [2.05, 4.69) is 10.3 Å². The summed E-state index contributed by atoms with van der Waals surface area (Å²) in [6.07, 6.45) is 6.26. The number of benzene rings is 2. The Labute approximate surface area is 238 Å². The normalized spacial score (nSPS) is 11.6. The van der Waals surface area contributed by atoms with Crippen LogP contribution in [0.5, 0.6) is 11.5 Å². The molecule has 2 aromatic heterocycles. The second kappa shape index (κ2) is 14.9. The number of hydrogen-bond donors (Lipinski definition) is 1. The Morgan fingerprint density at radius 2 is 2.02 bits per heavy atom. The van der Waals surface area contributed by atoms with Gasteiger partial charge in [-0.25, -0.2) is 4.98 Å². The molecule has 0 aliphatic carbocycles. The van der Waals surface area contributed by atoms with Crippen molar-refractivity contribution in [3.05, 3.63) is 100 Å². The number of hydrogen-bond acceptors (Lipinski definition) is 7. The van der Waals surface area contributed by atoms with Crippen LogP contribution in [0.2, 0.25) is 0 Å². The number of esters is 1. The number of carbonyl (C=O) groups excluding carboxylic acids is 2. The highest BCUT2D eigenvalue weighted by Gasteiger charge is 2.22. The third kappa shape index (κ3) is 8.44. The summed E-state index contributed by atoms with van der Waals surface area (Å²) >= 11 is 1.61.